The van der Waals surface area contributed by atoms with Crippen LogP contribution in [0, 0.1) is 0 Å². The fraction of sp³-hybridized carbons (Fsp3) is 0.769. The molecule has 0 spiro atoms. The van der Waals surface area contributed by atoms with Crippen LogP contribution in [-0.2, 0) is 9.53 Å². The zero-order valence-electron chi connectivity index (χ0n) is 11.2. The zero-order valence-corrected chi connectivity index (χ0v) is 11.2. The first-order chi connectivity index (χ1) is 8.17. The maximum atomic E-state index is 11.4. The molecule has 4 nitrogen and oxygen atoms in total. The first kappa shape index (κ1) is 14.2. The Morgan fingerprint density at radius 2 is 2.06 bits per heavy atom. The van der Waals surface area contributed by atoms with E-state index in [0.29, 0.717) is 0 Å². The van der Waals surface area contributed by atoms with Gasteiger partial charge in [0.15, 0.2) is 0 Å². The minimum Gasteiger partial charge on any atom is -0.466 e. The van der Waals surface area contributed by atoms with Crippen molar-refractivity contribution in [3.8, 4) is 0 Å². The predicted molar refractivity (Wildman–Crippen MR) is 68.9 cm³/mol. The molecule has 1 heterocycles. The molecule has 0 radical (unpaired) electrons. The van der Waals surface area contributed by atoms with Crippen molar-refractivity contribution in [3.05, 3.63) is 11.6 Å². The second-order valence-corrected chi connectivity index (χ2v) is 4.53. The molecule has 0 unspecified atom stereocenters. The lowest BCUT2D eigenvalue weighted by Crippen LogP contribution is -2.29. The Hall–Kier alpha value is -0.870. The number of carbonyl (C=O) groups excluding carboxylic acids is 1. The lowest BCUT2D eigenvalue weighted by molar-refractivity contribution is -0.136. The Morgan fingerprint density at radius 1 is 1.29 bits per heavy atom. The second-order valence-electron chi connectivity index (χ2n) is 4.53. The van der Waals surface area contributed by atoms with E-state index in [1.54, 1.807) is 0 Å². The van der Waals surface area contributed by atoms with Crippen LogP contribution >= 0.6 is 0 Å². The van der Waals surface area contributed by atoms with Crippen LogP contribution in [0.4, 0.5) is 0 Å². The molecule has 4 heteroatoms. The molecule has 0 N–H and O–H groups in total. The summed E-state index contributed by atoms with van der Waals surface area (Å²) in [5, 5.41) is 0. The minimum absolute atomic E-state index is 0.195. The summed E-state index contributed by atoms with van der Waals surface area (Å²) in [7, 11) is 3.60. The van der Waals surface area contributed by atoms with E-state index in [1.807, 2.05) is 13.0 Å². The highest BCUT2D eigenvalue weighted by molar-refractivity contribution is 5.88. The number of esters is 1. The lowest BCUT2D eigenvalue weighted by atomic mass is 10.2. The zero-order chi connectivity index (χ0) is 12.7. The molecule has 0 aromatic heterocycles. The highest BCUT2D eigenvalue weighted by Crippen LogP contribution is 2.06. The lowest BCUT2D eigenvalue weighted by Gasteiger charge is -2.18. The molecule has 1 aliphatic rings. The quantitative estimate of drug-likeness (QED) is 0.545. The van der Waals surface area contributed by atoms with Gasteiger partial charge >= 0.3 is 5.97 Å². The van der Waals surface area contributed by atoms with Crippen LogP contribution in [0.15, 0.2) is 11.6 Å². The van der Waals surface area contributed by atoms with Crippen LogP contribution in [-0.4, -0.2) is 62.7 Å². The third kappa shape index (κ3) is 4.88. The average Bonchev–Trinajstić information content (AvgIpc) is 2.54. The van der Waals surface area contributed by atoms with Crippen LogP contribution < -0.4 is 0 Å². The number of carbonyl (C=O) groups is 1. The molecule has 1 rings (SSSR count). The summed E-state index contributed by atoms with van der Waals surface area (Å²) in [6.45, 7) is 7.29. The minimum atomic E-state index is -0.195. The number of nitrogens with zero attached hydrogens (tertiary/aromatic N) is 2. The number of methoxy groups -OCH3 is 1. The Kier molecular flexibility index (Phi) is 6.22. The van der Waals surface area contributed by atoms with Crippen molar-refractivity contribution in [2.75, 3.05) is 46.9 Å². The molecule has 0 aromatic carbocycles. The van der Waals surface area contributed by atoms with Gasteiger partial charge in [0, 0.05) is 25.2 Å². The summed E-state index contributed by atoms with van der Waals surface area (Å²) in [4.78, 5) is 16.2. The van der Waals surface area contributed by atoms with Crippen LogP contribution in [0.2, 0.25) is 0 Å². The fourth-order valence-corrected chi connectivity index (χ4v) is 2.02. The number of hydrogen-bond acceptors (Lipinski definition) is 4. The van der Waals surface area contributed by atoms with Crippen molar-refractivity contribution >= 4 is 5.97 Å². The molecule has 1 saturated heterocycles. The van der Waals surface area contributed by atoms with Gasteiger partial charge in [-0.15, -0.1) is 0 Å². The third-order valence-corrected chi connectivity index (χ3v) is 3.24. The Bertz CT molecular complexity index is 277. The Labute approximate surface area is 104 Å². The van der Waals surface area contributed by atoms with Crippen LogP contribution in [0.1, 0.15) is 19.8 Å². The molecule has 0 amide bonds. The molecule has 98 valence electrons. The summed E-state index contributed by atoms with van der Waals surface area (Å²) in [6.07, 6.45) is 3.95. The molecule has 0 bridgehead atoms. The van der Waals surface area contributed by atoms with Gasteiger partial charge in [0.1, 0.15) is 0 Å². The summed E-state index contributed by atoms with van der Waals surface area (Å²) in [6, 6.07) is 0. The highest BCUT2D eigenvalue weighted by atomic mass is 16.5. The van der Waals surface area contributed by atoms with Crippen molar-refractivity contribution in [3.63, 3.8) is 0 Å². The maximum absolute atomic E-state index is 11.4. The van der Waals surface area contributed by atoms with Gasteiger partial charge < -0.3 is 9.64 Å². The van der Waals surface area contributed by atoms with E-state index in [4.69, 9.17) is 4.74 Å². The van der Waals surface area contributed by atoms with Gasteiger partial charge in [-0.3, -0.25) is 4.90 Å². The van der Waals surface area contributed by atoms with Gasteiger partial charge in [0.05, 0.1) is 7.11 Å². The molecule has 0 aromatic rings. The number of ether oxygens (including phenoxy) is 1. The molecule has 0 aliphatic carbocycles. The standard InChI is InChI=1S/C13H24N2O2/c1-4-12(13(16)17-3)6-9-15-8-5-7-14(2)10-11-15/h6H,4-5,7-11H2,1-3H3. The largest absolute Gasteiger partial charge is 0.466 e. The van der Waals surface area contributed by atoms with Crippen LogP contribution in [0.5, 0.6) is 0 Å². The predicted octanol–water partition coefficient (Wildman–Crippen LogP) is 1.13. The van der Waals surface area contributed by atoms with E-state index in [2.05, 4.69) is 16.8 Å². The molecular formula is C13H24N2O2. The topological polar surface area (TPSA) is 32.8 Å². The van der Waals surface area contributed by atoms with Gasteiger partial charge in [0.2, 0.25) is 0 Å². The highest BCUT2D eigenvalue weighted by Gasteiger charge is 2.12. The van der Waals surface area contributed by atoms with Gasteiger partial charge in [-0.2, -0.15) is 0 Å². The van der Waals surface area contributed by atoms with E-state index in [-0.39, 0.29) is 5.97 Å². The van der Waals surface area contributed by atoms with E-state index >= 15 is 0 Å². The maximum Gasteiger partial charge on any atom is 0.333 e. The van der Waals surface area contributed by atoms with Gasteiger partial charge in [0.25, 0.3) is 0 Å². The van der Waals surface area contributed by atoms with E-state index in [9.17, 15) is 4.79 Å². The van der Waals surface area contributed by atoms with Crippen molar-refractivity contribution in [1.29, 1.82) is 0 Å². The van der Waals surface area contributed by atoms with E-state index in [1.165, 1.54) is 13.5 Å². The Balaban J connectivity index is 2.47. The molecule has 0 atom stereocenters. The Morgan fingerprint density at radius 3 is 2.71 bits per heavy atom. The molecule has 1 aliphatic heterocycles. The molecule has 1 fully saturated rings. The second kappa shape index (κ2) is 7.45. The van der Waals surface area contributed by atoms with Crippen molar-refractivity contribution < 1.29 is 9.53 Å². The number of likely N-dealkylation sites (N-methyl/N-ethyl adjacent to an activating group) is 1. The smallest absolute Gasteiger partial charge is 0.333 e. The fourth-order valence-electron chi connectivity index (χ4n) is 2.02. The van der Waals surface area contributed by atoms with Gasteiger partial charge in [-0.1, -0.05) is 13.0 Å². The summed E-state index contributed by atoms with van der Waals surface area (Å²) >= 11 is 0. The SMILES string of the molecule is CCC(=CCN1CCCN(C)CC1)C(=O)OC. The summed E-state index contributed by atoms with van der Waals surface area (Å²) < 4.78 is 4.75. The molecular weight excluding hydrogens is 216 g/mol. The van der Waals surface area contributed by atoms with Gasteiger partial charge in [-0.05, 0) is 33.0 Å². The van der Waals surface area contributed by atoms with Crippen molar-refractivity contribution in [2.45, 2.75) is 19.8 Å². The van der Waals surface area contributed by atoms with E-state index in [0.717, 1.165) is 44.7 Å². The average molecular weight is 240 g/mol. The molecule has 17 heavy (non-hydrogen) atoms. The van der Waals surface area contributed by atoms with Crippen molar-refractivity contribution in [2.24, 2.45) is 0 Å². The monoisotopic (exact) mass is 240 g/mol. The van der Waals surface area contributed by atoms with E-state index < -0.39 is 0 Å². The van der Waals surface area contributed by atoms with Crippen LogP contribution in [0.25, 0.3) is 0 Å². The normalized spacial score (nSPS) is 20.1. The molecule has 0 saturated carbocycles. The summed E-state index contributed by atoms with van der Waals surface area (Å²) in [5.74, 6) is -0.195. The number of rotatable bonds is 4. The number of hydrogen-bond donors (Lipinski definition) is 0. The third-order valence-electron chi connectivity index (χ3n) is 3.24. The summed E-state index contributed by atoms with van der Waals surface area (Å²) in [5.41, 5.74) is 0.783. The van der Waals surface area contributed by atoms with Crippen molar-refractivity contribution in [1.82, 2.24) is 9.80 Å². The first-order valence-electron chi connectivity index (χ1n) is 6.35. The first-order valence-corrected chi connectivity index (χ1v) is 6.35. The van der Waals surface area contributed by atoms with Crippen LogP contribution in [0.3, 0.4) is 0 Å². The van der Waals surface area contributed by atoms with Gasteiger partial charge in [-0.25, -0.2) is 4.79 Å².